The standard InChI is InChI=1S/C7H3BrF2INO/c8-4-1-3(2-13)5(6(9)10)7(11)12-4/h1-2,6H. The molecule has 1 aromatic heterocycles. The first kappa shape index (κ1) is 11.0. The van der Waals surface area contributed by atoms with E-state index in [1.807, 2.05) is 0 Å². The Balaban J connectivity index is 3.38. The molecule has 0 fully saturated rings. The second-order valence-electron chi connectivity index (χ2n) is 2.16. The molecule has 1 aromatic rings. The molecule has 0 aliphatic heterocycles. The molecule has 0 aliphatic rings. The van der Waals surface area contributed by atoms with E-state index in [4.69, 9.17) is 0 Å². The van der Waals surface area contributed by atoms with Crippen molar-refractivity contribution in [1.29, 1.82) is 0 Å². The molecule has 13 heavy (non-hydrogen) atoms. The van der Waals surface area contributed by atoms with Crippen LogP contribution in [0.25, 0.3) is 0 Å². The Morgan fingerprint density at radius 2 is 2.23 bits per heavy atom. The number of halogens is 4. The quantitative estimate of drug-likeness (QED) is 0.460. The highest BCUT2D eigenvalue weighted by atomic mass is 127. The second-order valence-corrected chi connectivity index (χ2v) is 3.99. The highest BCUT2D eigenvalue weighted by molar-refractivity contribution is 14.1. The molecule has 6 heteroatoms. The zero-order valence-corrected chi connectivity index (χ0v) is 9.84. The minimum atomic E-state index is -2.67. The van der Waals surface area contributed by atoms with Gasteiger partial charge in [0.1, 0.15) is 8.30 Å². The molecule has 1 heterocycles. The van der Waals surface area contributed by atoms with Crippen molar-refractivity contribution in [3.05, 3.63) is 25.5 Å². The second kappa shape index (κ2) is 4.41. The Morgan fingerprint density at radius 1 is 1.62 bits per heavy atom. The van der Waals surface area contributed by atoms with Crippen molar-refractivity contribution in [3.8, 4) is 0 Å². The Kier molecular flexibility index (Phi) is 3.72. The number of aromatic nitrogens is 1. The summed E-state index contributed by atoms with van der Waals surface area (Å²) in [5, 5.41) is 0. The maximum atomic E-state index is 12.4. The third-order valence-corrected chi connectivity index (χ3v) is 2.59. The molecule has 0 spiro atoms. The van der Waals surface area contributed by atoms with E-state index in [1.54, 1.807) is 22.6 Å². The number of aldehydes is 1. The highest BCUT2D eigenvalue weighted by Gasteiger charge is 2.18. The molecule has 0 N–H and O–H groups in total. The van der Waals surface area contributed by atoms with Crippen molar-refractivity contribution in [3.63, 3.8) is 0 Å². The predicted octanol–water partition coefficient (Wildman–Crippen LogP) is 3.20. The van der Waals surface area contributed by atoms with Gasteiger partial charge in [0.25, 0.3) is 6.43 Å². The number of rotatable bonds is 2. The van der Waals surface area contributed by atoms with Crippen molar-refractivity contribution in [1.82, 2.24) is 4.98 Å². The number of carbonyl (C=O) groups is 1. The lowest BCUT2D eigenvalue weighted by Crippen LogP contribution is -2.00. The van der Waals surface area contributed by atoms with Gasteiger partial charge >= 0.3 is 0 Å². The van der Waals surface area contributed by atoms with E-state index >= 15 is 0 Å². The molecule has 0 bridgehead atoms. The van der Waals surface area contributed by atoms with Gasteiger partial charge in [-0.15, -0.1) is 0 Å². The molecule has 0 aromatic carbocycles. The number of hydrogen-bond acceptors (Lipinski definition) is 2. The normalized spacial score (nSPS) is 10.5. The van der Waals surface area contributed by atoms with Crippen molar-refractivity contribution in [2.24, 2.45) is 0 Å². The topological polar surface area (TPSA) is 30.0 Å². The third-order valence-electron chi connectivity index (χ3n) is 1.36. The van der Waals surface area contributed by atoms with E-state index in [1.165, 1.54) is 6.07 Å². The summed E-state index contributed by atoms with van der Waals surface area (Å²) in [6, 6.07) is 1.27. The van der Waals surface area contributed by atoms with Gasteiger partial charge in [-0.05, 0) is 44.6 Å². The molecular formula is C7H3BrF2INO. The summed E-state index contributed by atoms with van der Waals surface area (Å²) in [6.45, 7) is 0. The minimum Gasteiger partial charge on any atom is -0.298 e. The van der Waals surface area contributed by atoms with Crippen molar-refractivity contribution >= 4 is 44.8 Å². The van der Waals surface area contributed by atoms with Gasteiger partial charge in [-0.25, -0.2) is 13.8 Å². The SMILES string of the molecule is O=Cc1cc(Br)nc(I)c1C(F)F. The van der Waals surface area contributed by atoms with Crippen LogP contribution < -0.4 is 0 Å². The molecule has 70 valence electrons. The lowest BCUT2D eigenvalue weighted by atomic mass is 10.2. The van der Waals surface area contributed by atoms with E-state index in [9.17, 15) is 13.6 Å². The van der Waals surface area contributed by atoms with E-state index in [2.05, 4.69) is 20.9 Å². The molecule has 0 aliphatic carbocycles. The maximum absolute atomic E-state index is 12.4. The van der Waals surface area contributed by atoms with Crippen molar-refractivity contribution < 1.29 is 13.6 Å². The molecule has 0 saturated carbocycles. The zero-order chi connectivity index (χ0) is 10.0. The monoisotopic (exact) mass is 361 g/mol. The van der Waals surface area contributed by atoms with Crippen LogP contribution >= 0.6 is 38.5 Å². The summed E-state index contributed by atoms with van der Waals surface area (Å²) in [6.07, 6.45) is -2.27. The minimum absolute atomic E-state index is 0.0266. The number of alkyl halides is 2. The van der Waals surface area contributed by atoms with E-state index in [-0.39, 0.29) is 14.8 Å². The number of nitrogens with zero attached hydrogens (tertiary/aromatic N) is 1. The number of hydrogen-bond donors (Lipinski definition) is 0. The van der Waals surface area contributed by atoms with Crippen LogP contribution in [-0.4, -0.2) is 11.3 Å². The van der Waals surface area contributed by atoms with Crippen LogP contribution in [-0.2, 0) is 0 Å². The summed E-state index contributed by atoms with van der Waals surface area (Å²) in [7, 11) is 0. The lowest BCUT2D eigenvalue weighted by molar-refractivity contribution is 0.110. The van der Waals surface area contributed by atoms with Crippen LogP contribution in [0.3, 0.4) is 0 Å². The van der Waals surface area contributed by atoms with E-state index in [0.29, 0.717) is 10.9 Å². The fourth-order valence-corrected chi connectivity index (χ4v) is 2.39. The van der Waals surface area contributed by atoms with Gasteiger partial charge in [-0.2, -0.15) is 0 Å². The number of pyridine rings is 1. The molecule has 0 atom stereocenters. The predicted molar refractivity (Wildman–Crippen MR) is 55.0 cm³/mol. The molecule has 0 unspecified atom stereocenters. The smallest absolute Gasteiger partial charge is 0.267 e. The van der Waals surface area contributed by atoms with Crippen molar-refractivity contribution in [2.75, 3.05) is 0 Å². The van der Waals surface area contributed by atoms with E-state index in [0.717, 1.165) is 0 Å². The average molecular weight is 362 g/mol. The molecular weight excluding hydrogens is 359 g/mol. The third kappa shape index (κ3) is 2.43. The van der Waals surface area contributed by atoms with Crippen LogP contribution in [0.15, 0.2) is 10.7 Å². The van der Waals surface area contributed by atoms with Crippen LogP contribution in [0.5, 0.6) is 0 Å². The molecule has 0 amide bonds. The van der Waals surface area contributed by atoms with Gasteiger partial charge in [-0.3, -0.25) is 4.79 Å². The van der Waals surface area contributed by atoms with Crippen LogP contribution in [0.1, 0.15) is 22.3 Å². The Bertz CT molecular complexity index is 346. The van der Waals surface area contributed by atoms with Gasteiger partial charge in [0.15, 0.2) is 6.29 Å². The summed E-state index contributed by atoms with van der Waals surface area (Å²) < 4.78 is 25.3. The lowest BCUT2D eigenvalue weighted by Gasteiger charge is -2.05. The Labute approximate surface area is 95.0 Å². The van der Waals surface area contributed by atoms with Crippen LogP contribution in [0, 0.1) is 3.70 Å². The summed E-state index contributed by atoms with van der Waals surface area (Å²) >= 11 is 4.69. The van der Waals surface area contributed by atoms with Crippen LogP contribution in [0.4, 0.5) is 8.78 Å². The van der Waals surface area contributed by atoms with Crippen molar-refractivity contribution in [2.45, 2.75) is 6.43 Å². The molecule has 0 saturated heterocycles. The average Bonchev–Trinajstić information content (AvgIpc) is 2.01. The van der Waals surface area contributed by atoms with Gasteiger partial charge in [0.05, 0.1) is 5.56 Å². The largest absolute Gasteiger partial charge is 0.298 e. The first-order chi connectivity index (χ1) is 6.06. The van der Waals surface area contributed by atoms with Gasteiger partial charge in [0.2, 0.25) is 0 Å². The van der Waals surface area contributed by atoms with Gasteiger partial charge in [-0.1, -0.05) is 0 Å². The summed E-state index contributed by atoms with van der Waals surface area (Å²) in [5.74, 6) is 0. The van der Waals surface area contributed by atoms with E-state index < -0.39 is 6.43 Å². The molecule has 0 radical (unpaired) electrons. The molecule has 1 rings (SSSR count). The van der Waals surface area contributed by atoms with Crippen LogP contribution in [0.2, 0.25) is 0 Å². The fourth-order valence-electron chi connectivity index (χ4n) is 0.825. The Morgan fingerprint density at radius 3 is 2.69 bits per heavy atom. The molecule has 2 nitrogen and oxygen atoms in total. The van der Waals surface area contributed by atoms with Gasteiger partial charge in [0, 0.05) is 5.56 Å². The van der Waals surface area contributed by atoms with Gasteiger partial charge < -0.3 is 0 Å². The summed E-state index contributed by atoms with van der Waals surface area (Å²) in [4.78, 5) is 14.2. The Hall–Kier alpha value is -0.110. The zero-order valence-electron chi connectivity index (χ0n) is 6.10. The fraction of sp³-hybridized carbons (Fsp3) is 0.143. The first-order valence-corrected chi connectivity index (χ1v) is 5.02. The first-order valence-electron chi connectivity index (χ1n) is 3.15. The maximum Gasteiger partial charge on any atom is 0.267 e. The summed E-state index contributed by atoms with van der Waals surface area (Å²) in [5.41, 5.74) is -0.333. The number of carbonyl (C=O) groups excluding carboxylic acids is 1. The highest BCUT2D eigenvalue weighted by Crippen LogP contribution is 2.27.